The predicted molar refractivity (Wildman–Crippen MR) is 84.0 cm³/mol. The quantitative estimate of drug-likeness (QED) is 0.646. The van der Waals surface area contributed by atoms with Crippen LogP contribution in [-0.2, 0) is 11.2 Å². The van der Waals surface area contributed by atoms with Crippen molar-refractivity contribution in [3.05, 3.63) is 23.8 Å². The molecule has 5 heteroatoms. The van der Waals surface area contributed by atoms with Crippen LogP contribution in [0.2, 0.25) is 0 Å². The second-order valence-electron chi connectivity index (χ2n) is 4.79. The topological polar surface area (TPSA) is 59.6 Å². The van der Waals surface area contributed by atoms with Crippen molar-refractivity contribution in [2.75, 3.05) is 33.9 Å². The molecule has 2 N–H and O–H groups in total. The Morgan fingerprint density at radius 1 is 1.10 bits per heavy atom. The van der Waals surface area contributed by atoms with Crippen molar-refractivity contribution in [2.45, 2.75) is 26.2 Å². The SMILES string of the molecule is CCCNC(=O)CCNCCc1ccc(OC)c(OC)c1. The van der Waals surface area contributed by atoms with E-state index in [2.05, 4.69) is 10.6 Å². The van der Waals surface area contributed by atoms with Crippen LogP contribution in [0.4, 0.5) is 0 Å². The Labute approximate surface area is 127 Å². The van der Waals surface area contributed by atoms with Gasteiger partial charge in [0.05, 0.1) is 14.2 Å². The van der Waals surface area contributed by atoms with E-state index in [4.69, 9.17) is 9.47 Å². The van der Waals surface area contributed by atoms with Crippen molar-refractivity contribution in [3.8, 4) is 11.5 Å². The smallest absolute Gasteiger partial charge is 0.221 e. The zero-order valence-electron chi connectivity index (χ0n) is 13.2. The van der Waals surface area contributed by atoms with E-state index in [0.29, 0.717) is 13.0 Å². The van der Waals surface area contributed by atoms with Gasteiger partial charge in [0.15, 0.2) is 11.5 Å². The van der Waals surface area contributed by atoms with Crippen molar-refractivity contribution >= 4 is 5.91 Å². The molecule has 0 aliphatic carbocycles. The van der Waals surface area contributed by atoms with E-state index < -0.39 is 0 Å². The Morgan fingerprint density at radius 2 is 1.86 bits per heavy atom. The summed E-state index contributed by atoms with van der Waals surface area (Å²) >= 11 is 0. The normalized spacial score (nSPS) is 10.2. The summed E-state index contributed by atoms with van der Waals surface area (Å²) in [7, 11) is 3.26. The highest BCUT2D eigenvalue weighted by atomic mass is 16.5. The third kappa shape index (κ3) is 6.49. The second-order valence-corrected chi connectivity index (χ2v) is 4.79. The van der Waals surface area contributed by atoms with E-state index in [-0.39, 0.29) is 5.91 Å². The van der Waals surface area contributed by atoms with Gasteiger partial charge in [0, 0.05) is 19.5 Å². The number of benzene rings is 1. The molecule has 118 valence electrons. The third-order valence-electron chi connectivity index (χ3n) is 3.14. The van der Waals surface area contributed by atoms with Crippen LogP contribution in [0.25, 0.3) is 0 Å². The maximum atomic E-state index is 11.4. The van der Waals surface area contributed by atoms with Gasteiger partial charge < -0.3 is 20.1 Å². The second kappa shape index (κ2) is 10.0. The number of amides is 1. The van der Waals surface area contributed by atoms with Crippen LogP contribution in [0.5, 0.6) is 11.5 Å². The number of rotatable bonds is 10. The van der Waals surface area contributed by atoms with Gasteiger partial charge in [-0.25, -0.2) is 0 Å². The van der Waals surface area contributed by atoms with Gasteiger partial charge in [-0.1, -0.05) is 13.0 Å². The van der Waals surface area contributed by atoms with Crippen molar-refractivity contribution in [3.63, 3.8) is 0 Å². The summed E-state index contributed by atoms with van der Waals surface area (Å²) in [6.45, 7) is 4.32. The highest BCUT2D eigenvalue weighted by molar-refractivity contribution is 5.75. The fourth-order valence-corrected chi connectivity index (χ4v) is 1.95. The zero-order valence-corrected chi connectivity index (χ0v) is 13.2. The van der Waals surface area contributed by atoms with Crippen molar-refractivity contribution in [1.82, 2.24) is 10.6 Å². The minimum absolute atomic E-state index is 0.107. The largest absolute Gasteiger partial charge is 0.493 e. The number of nitrogens with one attached hydrogen (secondary N) is 2. The molecule has 0 aliphatic heterocycles. The maximum absolute atomic E-state index is 11.4. The Balaban J connectivity index is 2.25. The molecule has 21 heavy (non-hydrogen) atoms. The van der Waals surface area contributed by atoms with E-state index in [1.807, 2.05) is 25.1 Å². The van der Waals surface area contributed by atoms with Crippen LogP contribution in [-0.4, -0.2) is 39.8 Å². The van der Waals surface area contributed by atoms with Gasteiger partial charge in [-0.3, -0.25) is 4.79 Å². The molecule has 0 saturated carbocycles. The van der Waals surface area contributed by atoms with Crippen molar-refractivity contribution < 1.29 is 14.3 Å². The average Bonchev–Trinajstić information content (AvgIpc) is 2.52. The van der Waals surface area contributed by atoms with Crippen LogP contribution in [0, 0.1) is 0 Å². The van der Waals surface area contributed by atoms with Crippen molar-refractivity contribution in [1.29, 1.82) is 0 Å². The molecule has 0 radical (unpaired) electrons. The van der Waals surface area contributed by atoms with Crippen molar-refractivity contribution in [2.24, 2.45) is 0 Å². The lowest BCUT2D eigenvalue weighted by Gasteiger charge is -2.10. The number of ether oxygens (including phenoxy) is 2. The predicted octanol–water partition coefficient (Wildman–Crippen LogP) is 1.75. The number of carbonyl (C=O) groups is 1. The highest BCUT2D eigenvalue weighted by Gasteiger charge is 2.04. The highest BCUT2D eigenvalue weighted by Crippen LogP contribution is 2.27. The molecule has 0 unspecified atom stereocenters. The van der Waals surface area contributed by atoms with Crippen LogP contribution in [0.15, 0.2) is 18.2 Å². The van der Waals surface area contributed by atoms with Gasteiger partial charge >= 0.3 is 0 Å². The molecule has 5 nitrogen and oxygen atoms in total. The average molecular weight is 294 g/mol. The first-order chi connectivity index (χ1) is 10.2. The molecular weight excluding hydrogens is 268 g/mol. The van der Waals surface area contributed by atoms with Gasteiger partial charge in [-0.05, 0) is 37.1 Å². The van der Waals surface area contributed by atoms with Crippen LogP contribution in [0.3, 0.4) is 0 Å². The summed E-state index contributed by atoms with van der Waals surface area (Å²) in [5, 5.41) is 6.13. The lowest BCUT2D eigenvalue weighted by atomic mass is 10.1. The van der Waals surface area contributed by atoms with E-state index in [9.17, 15) is 4.79 Å². The number of hydrogen-bond donors (Lipinski definition) is 2. The van der Waals surface area contributed by atoms with E-state index in [1.54, 1.807) is 14.2 Å². The van der Waals surface area contributed by atoms with Gasteiger partial charge in [0.2, 0.25) is 5.91 Å². The molecule has 1 aromatic rings. The molecule has 0 spiro atoms. The van der Waals surface area contributed by atoms with Crippen LogP contribution >= 0.6 is 0 Å². The molecule has 0 atom stereocenters. The van der Waals surface area contributed by atoms with Gasteiger partial charge in [-0.15, -0.1) is 0 Å². The fourth-order valence-electron chi connectivity index (χ4n) is 1.95. The summed E-state index contributed by atoms with van der Waals surface area (Å²) in [5.74, 6) is 1.59. The van der Waals surface area contributed by atoms with E-state index in [0.717, 1.165) is 37.4 Å². The molecule has 1 aromatic carbocycles. The summed E-state index contributed by atoms with van der Waals surface area (Å²) in [4.78, 5) is 11.4. The van der Waals surface area contributed by atoms with E-state index >= 15 is 0 Å². The molecule has 0 bridgehead atoms. The number of methoxy groups -OCH3 is 2. The summed E-state index contributed by atoms with van der Waals surface area (Å²) < 4.78 is 10.5. The first-order valence-corrected chi connectivity index (χ1v) is 7.39. The van der Waals surface area contributed by atoms with Gasteiger partial charge in [0.1, 0.15) is 0 Å². The molecule has 0 aliphatic rings. The monoisotopic (exact) mass is 294 g/mol. The lowest BCUT2D eigenvalue weighted by molar-refractivity contribution is -0.120. The lowest BCUT2D eigenvalue weighted by Crippen LogP contribution is -2.28. The van der Waals surface area contributed by atoms with Crippen LogP contribution in [0.1, 0.15) is 25.3 Å². The van der Waals surface area contributed by atoms with Gasteiger partial charge in [-0.2, -0.15) is 0 Å². The molecule has 0 aromatic heterocycles. The minimum Gasteiger partial charge on any atom is -0.493 e. The van der Waals surface area contributed by atoms with Crippen LogP contribution < -0.4 is 20.1 Å². The molecule has 0 saturated heterocycles. The minimum atomic E-state index is 0.107. The van der Waals surface area contributed by atoms with Gasteiger partial charge in [0.25, 0.3) is 0 Å². The molecule has 0 fully saturated rings. The Hall–Kier alpha value is -1.75. The summed E-state index contributed by atoms with van der Waals surface area (Å²) in [5.41, 5.74) is 1.18. The zero-order chi connectivity index (χ0) is 15.5. The summed E-state index contributed by atoms with van der Waals surface area (Å²) in [6.07, 6.45) is 2.38. The third-order valence-corrected chi connectivity index (χ3v) is 3.14. The standard InChI is InChI=1S/C16H26N2O3/c1-4-9-18-16(19)8-11-17-10-7-13-5-6-14(20-2)15(12-13)21-3/h5-6,12,17H,4,7-11H2,1-3H3,(H,18,19). The maximum Gasteiger partial charge on any atom is 0.221 e. The van der Waals surface area contributed by atoms with E-state index in [1.165, 1.54) is 5.56 Å². The fraction of sp³-hybridized carbons (Fsp3) is 0.562. The molecule has 0 heterocycles. The number of carbonyl (C=O) groups excluding carboxylic acids is 1. The first-order valence-electron chi connectivity index (χ1n) is 7.39. The molecule has 1 amide bonds. The Kier molecular flexibility index (Phi) is 8.28. The molecule has 1 rings (SSSR count). The first kappa shape index (κ1) is 17.3. The summed E-state index contributed by atoms with van der Waals surface area (Å²) in [6, 6.07) is 5.91. The molecular formula is C16H26N2O3. The number of hydrogen-bond acceptors (Lipinski definition) is 4. The Morgan fingerprint density at radius 3 is 2.52 bits per heavy atom. The Bertz CT molecular complexity index is 436.